The number of carboxylic acids is 1. The molecule has 2 nitrogen and oxygen atoms in total. The lowest BCUT2D eigenvalue weighted by atomic mass is 10.1. The van der Waals surface area contributed by atoms with Crippen LogP contribution in [0.25, 0.3) is 0 Å². The zero-order chi connectivity index (χ0) is 10.2. The first-order valence-electron chi connectivity index (χ1n) is 4.26. The highest BCUT2D eigenvalue weighted by Crippen LogP contribution is 2.47. The molecule has 2 atom stereocenters. The van der Waals surface area contributed by atoms with Crippen molar-refractivity contribution < 1.29 is 9.90 Å². The number of carboxylic acid groups (broad SMARTS) is 1. The van der Waals surface area contributed by atoms with Crippen molar-refractivity contribution in [2.24, 2.45) is 0 Å². The molecular formula is C10H10O2S2. The van der Waals surface area contributed by atoms with Gasteiger partial charge in [0.2, 0.25) is 0 Å². The number of thioether (sulfide) groups is 1. The molecule has 0 radical (unpaired) electrons. The molecule has 1 aliphatic heterocycles. The van der Waals surface area contributed by atoms with Gasteiger partial charge in [-0.3, -0.25) is 4.79 Å². The maximum Gasteiger partial charge on any atom is 0.323 e. The number of thiophene rings is 1. The van der Waals surface area contributed by atoms with Crippen LogP contribution < -0.4 is 0 Å². The van der Waals surface area contributed by atoms with E-state index >= 15 is 0 Å². The first kappa shape index (κ1) is 9.80. The molecule has 0 aromatic carbocycles. The van der Waals surface area contributed by atoms with E-state index in [4.69, 9.17) is 5.11 Å². The van der Waals surface area contributed by atoms with Crippen molar-refractivity contribution >= 4 is 29.1 Å². The predicted octanol–water partition coefficient (Wildman–Crippen LogP) is 2.94. The standard InChI is InChI=1S/C10H10O2S2/c1-10(9(11)12)5-4-8(14-10)7-3-2-6-13-7/h2-6,8H,1H3,(H,11,12). The van der Waals surface area contributed by atoms with Crippen molar-refractivity contribution in [2.75, 3.05) is 0 Å². The van der Waals surface area contributed by atoms with Crippen molar-refractivity contribution in [3.63, 3.8) is 0 Å². The van der Waals surface area contributed by atoms with Crippen LogP contribution >= 0.6 is 23.1 Å². The van der Waals surface area contributed by atoms with Crippen molar-refractivity contribution in [1.82, 2.24) is 0 Å². The summed E-state index contributed by atoms with van der Waals surface area (Å²) in [5, 5.41) is 11.2. The van der Waals surface area contributed by atoms with Gasteiger partial charge in [-0.2, -0.15) is 0 Å². The second-order valence-corrected chi connectivity index (χ2v) is 5.90. The van der Waals surface area contributed by atoms with Crippen molar-refractivity contribution in [3.05, 3.63) is 34.5 Å². The van der Waals surface area contributed by atoms with Crippen LogP contribution in [0, 0.1) is 0 Å². The Hall–Kier alpha value is -0.740. The molecule has 1 aromatic rings. The van der Waals surface area contributed by atoms with E-state index < -0.39 is 10.7 Å². The molecule has 1 aliphatic rings. The fraction of sp³-hybridized carbons (Fsp3) is 0.300. The van der Waals surface area contributed by atoms with Gasteiger partial charge in [0.1, 0.15) is 4.75 Å². The van der Waals surface area contributed by atoms with Gasteiger partial charge in [-0.1, -0.05) is 18.2 Å². The first-order valence-corrected chi connectivity index (χ1v) is 6.02. The number of hydrogen-bond acceptors (Lipinski definition) is 3. The molecular weight excluding hydrogens is 216 g/mol. The Bertz CT molecular complexity index is 369. The van der Waals surface area contributed by atoms with Gasteiger partial charge in [-0.15, -0.1) is 23.1 Å². The van der Waals surface area contributed by atoms with Crippen LogP contribution in [0.3, 0.4) is 0 Å². The van der Waals surface area contributed by atoms with E-state index in [1.165, 1.54) is 16.6 Å². The van der Waals surface area contributed by atoms with Crippen LogP contribution in [-0.4, -0.2) is 15.8 Å². The SMILES string of the molecule is CC1(C(=O)O)C=CC(c2cccs2)S1. The highest BCUT2D eigenvalue weighted by atomic mass is 32.2. The molecule has 0 saturated carbocycles. The average molecular weight is 226 g/mol. The van der Waals surface area contributed by atoms with Crippen LogP contribution in [0.15, 0.2) is 29.7 Å². The topological polar surface area (TPSA) is 37.3 Å². The molecule has 2 rings (SSSR count). The van der Waals surface area contributed by atoms with Gasteiger partial charge >= 0.3 is 5.97 Å². The first-order chi connectivity index (χ1) is 6.62. The third-order valence-corrected chi connectivity index (χ3v) is 4.78. The Morgan fingerprint density at radius 3 is 2.93 bits per heavy atom. The molecule has 0 spiro atoms. The van der Waals surface area contributed by atoms with Crippen molar-refractivity contribution in [3.8, 4) is 0 Å². The normalized spacial score (nSPS) is 30.8. The minimum atomic E-state index is -0.766. The van der Waals surface area contributed by atoms with Gasteiger partial charge in [0.15, 0.2) is 0 Å². The third kappa shape index (κ3) is 1.60. The zero-order valence-electron chi connectivity index (χ0n) is 7.64. The minimum Gasteiger partial charge on any atom is -0.480 e. The molecule has 74 valence electrons. The van der Waals surface area contributed by atoms with E-state index in [2.05, 4.69) is 0 Å². The molecule has 0 saturated heterocycles. The van der Waals surface area contributed by atoms with E-state index in [0.717, 1.165) is 0 Å². The fourth-order valence-electron chi connectivity index (χ4n) is 1.34. The zero-order valence-corrected chi connectivity index (χ0v) is 9.27. The van der Waals surface area contributed by atoms with Crippen molar-refractivity contribution in [1.29, 1.82) is 0 Å². The van der Waals surface area contributed by atoms with Gasteiger partial charge in [0.25, 0.3) is 0 Å². The van der Waals surface area contributed by atoms with E-state index in [-0.39, 0.29) is 5.25 Å². The summed E-state index contributed by atoms with van der Waals surface area (Å²) in [4.78, 5) is 12.2. The Kier molecular flexibility index (Phi) is 2.41. The molecule has 1 N–H and O–H groups in total. The quantitative estimate of drug-likeness (QED) is 0.788. The summed E-state index contributed by atoms with van der Waals surface area (Å²) in [6.45, 7) is 1.74. The maximum atomic E-state index is 11.0. The molecule has 2 unspecified atom stereocenters. The van der Waals surface area contributed by atoms with Gasteiger partial charge in [0, 0.05) is 4.88 Å². The van der Waals surface area contributed by atoms with Gasteiger partial charge in [-0.25, -0.2) is 0 Å². The molecule has 0 fully saturated rings. The van der Waals surface area contributed by atoms with Crippen LogP contribution in [0.1, 0.15) is 17.1 Å². The van der Waals surface area contributed by atoms with Crippen molar-refractivity contribution in [2.45, 2.75) is 16.9 Å². The monoisotopic (exact) mass is 226 g/mol. The highest BCUT2D eigenvalue weighted by molar-refractivity contribution is 8.02. The second kappa shape index (κ2) is 3.44. The van der Waals surface area contributed by atoms with E-state index in [9.17, 15) is 4.79 Å². The molecule has 0 aliphatic carbocycles. The maximum absolute atomic E-state index is 11.0. The Morgan fingerprint density at radius 1 is 1.64 bits per heavy atom. The summed E-state index contributed by atoms with van der Waals surface area (Å²) >= 11 is 3.15. The lowest BCUT2D eigenvalue weighted by Crippen LogP contribution is -2.26. The third-order valence-electron chi connectivity index (χ3n) is 2.21. The predicted molar refractivity (Wildman–Crippen MR) is 59.8 cm³/mol. The van der Waals surface area contributed by atoms with Crippen LogP contribution in [0.4, 0.5) is 0 Å². The van der Waals surface area contributed by atoms with E-state index in [1.807, 2.05) is 23.6 Å². The second-order valence-electron chi connectivity index (χ2n) is 3.33. The van der Waals surface area contributed by atoms with Crippen LogP contribution in [-0.2, 0) is 4.79 Å². The summed E-state index contributed by atoms with van der Waals surface area (Å²) in [6, 6.07) is 4.03. The molecule has 0 bridgehead atoms. The van der Waals surface area contributed by atoms with E-state index in [1.54, 1.807) is 24.3 Å². The summed E-state index contributed by atoms with van der Waals surface area (Å²) in [5.74, 6) is -0.766. The lowest BCUT2D eigenvalue weighted by Gasteiger charge is -2.16. The fourth-order valence-corrected chi connectivity index (χ4v) is 3.47. The smallest absolute Gasteiger partial charge is 0.323 e. The average Bonchev–Trinajstić information content (AvgIpc) is 2.72. The molecule has 0 amide bonds. The van der Waals surface area contributed by atoms with Gasteiger partial charge in [0.05, 0.1) is 5.25 Å². The minimum absolute atomic E-state index is 0.205. The largest absolute Gasteiger partial charge is 0.480 e. The molecule has 4 heteroatoms. The summed E-state index contributed by atoms with van der Waals surface area (Å²) in [6.07, 6.45) is 3.76. The number of hydrogen-bond donors (Lipinski definition) is 1. The van der Waals surface area contributed by atoms with E-state index in [0.29, 0.717) is 0 Å². The summed E-state index contributed by atoms with van der Waals surface area (Å²) < 4.78 is -0.755. The van der Waals surface area contributed by atoms with Gasteiger partial charge < -0.3 is 5.11 Å². The Labute approximate surface area is 90.6 Å². The molecule has 14 heavy (non-hydrogen) atoms. The molecule has 1 aromatic heterocycles. The summed E-state index contributed by atoms with van der Waals surface area (Å²) in [7, 11) is 0. The van der Waals surface area contributed by atoms with Crippen LogP contribution in [0.2, 0.25) is 0 Å². The van der Waals surface area contributed by atoms with Gasteiger partial charge in [-0.05, 0) is 18.4 Å². The molecule has 2 heterocycles. The highest BCUT2D eigenvalue weighted by Gasteiger charge is 2.38. The Balaban J connectivity index is 2.18. The van der Waals surface area contributed by atoms with Crippen LogP contribution in [0.5, 0.6) is 0 Å². The number of aliphatic carboxylic acids is 1. The number of carbonyl (C=O) groups is 1. The number of rotatable bonds is 2. The Morgan fingerprint density at radius 2 is 2.43 bits per heavy atom. The lowest BCUT2D eigenvalue weighted by molar-refractivity contribution is -0.138. The summed E-state index contributed by atoms with van der Waals surface area (Å²) in [5.41, 5.74) is 0.